The van der Waals surface area contributed by atoms with Crippen LogP contribution in [0.4, 0.5) is 4.79 Å². The number of hydrogen-bond donors (Lipinski definition) is 2. The molecule has 1 aliphatic heterocycles. The molecule has 0 aliphatic carbocycles. The van der Waals surface area contributed by atoms with E-state index in [1.165, 1.54) is 0 Å². The molecular weight excluding hydrogens is 290 g/mol. The molecule has 0 aromatic carbocycles. The van der Waals surface area contributed by atoms with Gasteiger partial charge in [-0.1, -0.05) is 20.8 Å². The molecular formula is C15H27NO6. The average Bonchev–Trinajstić information content (AvgIpc) is 2.32. The predicted octanol–water partition coefficient (Wildman–Crippen LogP) is 1.78. The third kappa shape index (κ3) is 5.46. The third-order valence-electron chi connectivity index (χ3n) is 3.24. The number of nitrogens with one attached hydrogen (secondary N) is 1. The first-order chi connectivity index (χ1) is 9.92. The zero-order chi connectivity index (χ0) is 17.1. The molecule has 3 unspecified atom stereocenters. The highest BCUT2D eigenvalue weighted by Gasteiger charge is 2.43. The second kappa shape index (κ2) is 6.83. The van der Waals surface area contributed by atoms with Crippen molar-refractivity contribution >= 4 is 12.1 Å². The first-order valence-corrected chi connectivity index (χ1v) is 7.41. The van der Waals surface area contributed by atoms with Crippen LogP contribution in [0.5, 0.6) is 0 Å². The topological polar surface area (TPSA) is 94.1 Å². The Labute approximate surface area is 131 Å². The molecule has 0 aromatic rings. The van der Waals surface area contributed by atoms with Crippen LogP contribution in [0.2, 0.25) is 0 Å². The molecule has 1 amide bonds. The first-order valence-electron chi connectivity index (χ1n) is 7.41. The van der Waals surface area contributed by atoms with Gasteiger partial charge in [-0.15, -0.1) is 5.48 Å². The Balaban J connectivity index is 2.56. The van der Waals surface area contributed by atoms with E-state index in [2.05, 4.69) is 0 Å². The Hall–Kier alpha value is -1.34. The van der Waals surface area contributed by atoms with Gasteiger partial charge in [0.05, 0.1) is 18.1 Å². The molecule has 0 bridgehead atoms. The molecule has 3 atom stereocenters. The van der Waals surface area contributed by atoms with Crippen molar-refractivity contribution in [3.63, 3.8) is 0 Å². The van der Waals surface area contributed by atoms with Crippen LogP contribution in [-0.4, -0.2) is 41.6 Å². The summed E-state index contributed by atoms with van der Waals surface area (Å²) in [5.41, 5.74) is 0.951. The van der Waals surface area contributed by atoms with Gasteiger partial charge in [0.25, 0.3) is 0 Å². The molecule has 7 heteroatoms. The summed E-state index contributed by atoms with van der Waals surface area (Å²) in [7, 11) is 0. The summed E-state index contributed by atoms with van der Waals surface area (Å²) >= 11 is 0. The molecule has 2 N–H and O–H groups in total. The van der Waals surface area contributed by atoms with E-state index in [9.17, 15) is 14.7 Å². The molecule has 1 aliphatic rings. The monoisotopic (exact) mass is 317 g/mol. The standard InChI is InChI=1S/C15H27NO6/c1-14(2,3)11-10(17)9(7-8-20-11)12(18)22-16-13(19)21-15(4,5)6/h9-11,17H,7-8H2,1-6H3,(H,16,19). The summed E-state index contributed by atoms with van der Waals surface area (Å²) in [6.45, 7) is 11.2. The second-order valence-corrected chi connectivity index (χ2v) is 7.57. The van der Waals surface area contributed by atoms with Crippen LogP contribution in [-0.2, 0) is 19.1 Å². The fourth-order valence-corrected chi connectivity index (χ4v) is 2.29. The zero-order valence-electron chi connectivity index (χ0n) is 14.1. The minimum Gasteiger partial charge on any atom is -0.442 e. The van der Waals surface area contributed by atoms with Crippen LogP contribution < -0.4 is 5.48 Å². The van der Waals surface area contributed by atoms with Crippen LogP contribution >= 0.6 is 0 Å². The van der Waals surface area contributed by atoms with Crippen molar-refractivity contribution in [2.75, 3.05) is 6.61 Å². The van der Waals surface area contributed by atoms with Crippen molar-refractivity contribution in [1.82, 2.24) is 5.48 Å². The van der Waals surface area contributed by atoms with Crippen LogP contribution in [0, 0.1) is 11.3 Å². The maximum absolute atomic E-state index is 12.0. The Morgan fingerprint density at radius 3 is 2.27 bits per heavy atom. The lowest BCUT2D eigenvalue weighted by atomic mass is 9.79. The third-order valence-corrected chi connectivity index (χ3v) is 3.24. The molecule has 128 valence electrons. The van der Waals surface area contributed by atoms with Gasteiger partial charge in [-0.3, -0.25) is 0 Å². The summed E-state index contributed by atoms with van der Waals surface area (Å²) in [4.78, 5) is 28.2. The number of amides is 1. The highest BCUT2D eigenvalue weighted by Crippen LogP contribution is 2.33. The zero-order valence-corrected chi connectivity index (χ0v) is 14.1. The lowest BCUT2D eigenvalue weighted by molar-refractivity contribution is -0.183. The lowest BCUT2D eigenvalue weighted by Gasteiger charge is -2.40. The summed E-state index contributed by atoms with van der Waals surface area (Å²) < 4.78 is 10.5. The molecule has 0 spiro atoms. The van der Waals surface area contributed by atoms with E-state index in [1.54, 1.807) is 20.8 Å². The van der Waals surface area contributed by atoms with Gasteiger partial charge in [-0.2, -0.15) is 0 Å². The van der Waals surface area contributed by atoms with Gasteiger partial charge >= 0.3 is 12.1 Å². The molecule has 0 radical (unpaired) electrons. The van der Waals surface area contributed by atoms with Crippen molar-refractivity contribution in [2.45, 2.75) is 65.8 Å². The van der Waals surface area contributed by atoms with Gasteiger partial charge in [0.15, 0.2) is 0 Å². The highest BCUT2D eigenvalue weighted by molar-refractivity contribution is 5.76. The minimum atomic E-state index is -0.985. The summed E-state index contributed by atoms with van der Waals surface area (Å²) in [6, 6.07) is 0. The summed E-state index contributed by atoms with van der Waals surface area (Å²) in [5, 5.41) is 10.3. The fraction of sp³-hybridized carbons (Fsp3) is 0.867. The van der Waals surface area contributed by atoms with Crippen LogP contribution in [0.25, 0.3) is 0 Å². The molecule has 1 saturated heterocycles. The van der Waals surface area contributed by atoms with Crippen molar-refractivity contribution < 1.29 is 29.0 Å². The number of aliphatic hydroxyl groups is 1. The average molecular weight is 317 g/mol. The van der Waals surface area contributed by atoms with E-state index in [-0.39, 0.29) is 5.41 Å². The van der Waals surface area contributed by atoms with E-state index in [4.69, 9.17) is 14.3 Å². The van der Waals surface area contributed by atoms with Crippen LogP contribution in [0.15, 0.2) is 0 Å². The number of hydrogen-bond acceptors (Lipinski definition) is 6. The van der Waals surface area contributed by atoms with Gasteiger partial charge in [-0.05, 0) is 32.6 Å². The number of carbonyl (C=O) groups excluding carboxylic acids is 2. The van der Waals surface area contributed by atoms with Crippen molar-refractivity contribution in [3.8, 4) is 0 Å². The molecule has 1 fully saturated rings. The largest absolute Gasteiger partial charge is 0.442 e. The normalized spacial score (nSPS) is 26.2. The van der Waals surface area contributed by atoms with Gasteiger partial charge in [0, 0.05) is 6.61 Å². The summed E-state index contributed by atoms with van der Waals surface area (Å²) in [5.74, 6) is -1.44. The van der Waals surface area contributed by atoms with Gasteiger partial charge in [0.1, 0.15) is 5.60 Å². The minimum absolute atomic E-state index is 0.309. The lowest BCUT2D eigenvalue weighted by Crippen LogP contribution is -2.51. The number of aliphatic hydroxyl groups excluding tert-OH is 1. The number of ether oxygens (including phenoxy) is 2. The maximum Gasteiger partial charge on any atom is 0.441 e. The van der Waals surface area contributed by atoms with Crippen molar-refractivity contribution in [1.29, 1.82) is 0 Å². The van der Waals surface area contributed by atoms with Gasteiger partial charge in [-0.25, -0.2) is 9.59 Å². The molecule has 1 heterocycles. The fourth-order valence-electron chi connectivity index (χ4n) is 2.29. The van der Waals surface area contributed by atoms with Gasteiger partial charge in [0.2, 0.25) is 0 Å². The SMILES string of the molecule is CC(C)(C)OC(=O)NOC(=O)C1CCOC(C(C)(C)C)C1O. The Morgan fingerprint density at radius 1 is 1.18 bits per heavy atom. The Kier molecular flexibility index (Phi) is 5.81. The quantitative estimate of drug-likeness (QED) is 0.716. The number of carbonyl (C=O) groups is 2. The predicted molar refractivity (Wildman–Crippen MR) is 78.8 cm³/mol. The van der Waals surface area contributed by atoms with Crippen LogP contribution in [0.1, 0.15) is 48.0 Å². The van der Waals surface area contributed by atoms with E-state index in [1.807, 2.05) is 26.3 Å². The summed E-state index contributed by atoms with van der Waals surface area (Å²) in [6.07, 6.45) is -1.97. The Morgan fingerprint density at radius 2 is 1.77 bits per heavy atom. The second-order valence-electron chi connectivity index (χ2n) is 7.57. The molecule has 0 saturated carbocycles. The van der Waals surface area contributed by atoms with E-state index in [0.717, 1.165) is 0 Å². The number of hydroxylamine groups is 1. The van der Waals surface area contributed by atoms with Crippen molar-refractivity contribution in [3.05, 3.63) is 0 Å². The molecule has 0 aromatic heterocycles. The maximum atomic E-state index is 12.0. The smallest absolute Gasteiger partial charge is 0.441 e. The van der Waals surface area contributed by atoms with E-state index >= 15 is 0 Å². The molecule has 7 nitrogen and oxygen atoms in total. The van der Waals surface area contributed by atoms with Gasteiger partial charge < -0.3 is 19.4 Å². The van der Waals surface area contributed by atoms with Crippen LogP contribution in [0.3, 0.4) is 0 Å². The first kappa shape index (κ1) is 18.7. The Bertz CT molecular complexity index is 409. The molecule has 22 heavy (non-hydrogen) atoms. The van der Waals surface area contributed by atoms with E-state index < -0.39 is 35.8 Å². The highest BCUT2D eigenvalue weighted by atomic mass is 16.7. The molecule has 1 rings (SSSR count). The van der Waals surface area contributed by atoms with E-state index in [0.29, 0.717) is 13.0 Å². The number of rotatable bonds is 1. The van der Waals surface area contributed by atoms with Crippen molar-refractivity contribution in [2.24, 2.45) is 11.3 Å².